The number of rotatable bonds is 6. The van der Waals surface area contributed by atoms with Gasteiger partial charge in [0.15, 0.2) is 0 Å². The van der Waals surface area contributed by atoms with E-state index in [0.717, 1.165) is 29.8 Å². The van der Waals surface area contributed by atoms with Gasteiger partial charge in [0.05, 0.1) is 5.69 Å². The molecule has 4 heteroatoms. The predicted molar refractivity (Wildman–Crippen MR) is 83.1 cm³/mol. The van der Waals surface area contributed by atoms with Crippen LogP contribution in [-0.2, 0) is 6.54 Å². The topological polar surface area (TPSA) is 38.1 Å². The van der Waals surface area contributed by atoms with Crippen LogP contribution in [0.15, 0.2) is 38.8 Å². The number of aromatic nitrogens is 1. The first-order valence-corrected chi connectivity index (χ1v) is 7.78. The molecule has 0 unspecified atom stereocenters. The van der Waals surface area contributed by atoms with Crippen molar-refractivity contribution in [2.75, 3.05) is 6.54 Å². The average molecular weight is 290 g/mol. The van der Waals surface area contributed by atoms with E-state index in [1.807, 2.05) is 13.8 Å². The molecule has 0 aliphatic rings. The fraction of sp³-hybridized carbons (Fsp3) is 0.438. The van der Waals surface area contributed by atoms with Crippen LogP contribution in [0.25, 0.3) is 0 Å². The van der Waals surface area contributed by atoms with Crippen molar-refractivity contribution in [3.63, 3.8) is 0 Å². The van der Waals surface area contributed by atoms with E-state index in [-0.39, 0.29) is 0 Å². The Morgan fingerprint density at radius 2 is 2.00 bits per heavy atom. The lowest BCUT2D eigenvalue weighted by atomic mass is 10.2. The van der Waals surface area contributed by atoms with Gasteiger partial charge < -0.3 is 9.73 Å². The van der Waals surface area contributed by atoms with Crippen molar-refractivity contribution < 1.29 is 4.42 Å². The van der Waals surface area contributed by atoms with Gasteiger partial charge in [0.25, 0.3) is 5.22 Å². The molecule has 0 atom stereocenters. The lowest BCUT2D eigenvalue weighted by molar-refractivity contribution is 0.431. The fourth-order valence-corrected chi connectivity index (χ4v) is 2.78. The summed E-state index contributed by atoms with van der Waals surface area (Å²) in [5.74, 6) is 1.55. The SMILES string of the molecule is Cc1nc(Sc2ccccc2CNCC(C)C)oc1C. The molecule has 108 valence electrons. The second kappa shape index (κ2) is 6.95. The largest absolute Gasteiger partial charge is 0.436 e. The van der Waals surface area contributed by atoms with E-state index in [2.05, 4.69) is 48.4 Å². The third-order valence-corrected chi connectivity index (χ3v) is 4.01. The summed E-state index contributed by atoms with van der Waals surface area (Å²) in [6.07, 6.45) is 0. The number of nitrogens with zero attached hydrogens (tertiary/aromatic N) is 1. The second-order valence-electron chi connectivity index (χ2n) is 5.36. The highest BCUT2D eigenvalue weighted by molar-refractivity contribution is 7.99. The lowest BCUT2D eigenvalue weighted by Gasteiger charge is -2.10. The Labute approximate surface area is 125 Å². The van der Waals surface area contributed by atoms with Crippen LogP contribution >= 0.6 is 11.8 Å². The molecule has 0 saturated heterocycles. The number of oxazole rings is 1. The lowest BCUT2D eigenvalue weighted by Crippen LogP contribution is -2.19. The van der Waals surface area contributed by atoms with Crippen LogP contribution in [0.4, 0.5) is 0 Å². The van der Waals surface area contributed by atoms with Gasteiger partial charge in [-0.3, -0.25) is 0 Å². The highest BCUT2D eigenvalue weighted by Gasteiger charge is 2.10. The van der Waals surface area contributed by atoms with Crippen molar-refractivity contribution in [2.24, 2.45) is 5.92 Å². The molecule has 1 aromatic heterocycles. The van der Waals surface area contributed by atoms with Gasteiger partial charge >= 0.3 is 0 Å². The molecule has 2 rings (SSSR count). The summed E-state index contributed by atoms with van der Waals surface area (Å²) in [6, 6.07) is 8.39. The normalized spacial score (nSPS) is 11.2. The quantitative estimate of drug-likeness (QED) is 0.865. The number of hydrogen-bond acceptors (Lipinski definition) is 4. The van der Waals surface area contributed by atoms with Gasteiger partial charge in [0.2, 0.25) is 0 Å². The summed E-state index contributed by atoms with van der Waals surface area (Å²) in [5, 5.41) is 4.20. The zero-order chi connectivity index (χ0) is 14.5. The van der Waals surface area contributed by atoms with Crippen LogP contribution in [-0.4, -0.2) is 11.5 Å². The van der Waals surface area contributed by atoms with E-state index >= 15 is 0 Å². The maximum absolute atomic E-state index is 5.65. The summed E-state index contributed by atoms with van der Waals surface area (Å²) in [7, 11) is 0. The van der Waals surface area contributed by atoms with Gasteiger partial charge in [0, 0.05) is 11.4 Å². The summed E-state index contributed by atoms with van der Waals surface area (Å²) in [4.78, 5) is 5.63. The van der Waals surface area contributed by atoms with Gasteiger partial charge in [-0.25, -0.2) is 4.98 Å². The van der Waals surface area contributed by atoms with Crippen molar-refractivity contribution >= 4 is 11.8 Å². The van der Waals surface area contributed by atoms with Crippen LogP contribution in [0.3, 0.4) is 0 Å². The zero-order valence-corrected chi connectivity index (χ0v) is 13.4. The molecule has 1 aromatic carbocycles. The molecule has 0 saturated carbocycles. The van der Waals surface area contributed by atoms with Crippen LogP contribution in [0.1, 0.15) is 30.9 Å². The molecule has 0 fully saturated rings. The van der Waals surface area contributed by atoms with E-state index in [4.69, 9.17) is 4.42 Å². The third-order valence-electron chi connectivity index (χ3n) is 3.05. The Kier molecular flexibility index (Phi) is 5.26. The van der Waals surface area contributed by atoms with E-state index in [9.17, 15) is 0 Å². The number of nitrogens with one attached hydrogen (secondary N) is 1. The molecule has 0 aliphatic heterocycles. The Morgan fingerprint density at radius 3 is 2.65 bits per heavy atom. The van der Waals surface area contributed by atoms with E-state index < -0.39 is 0 Å². The number of benzene rings is 1. The van der Waals surface area contributed by atoms with Gasteiger partial charge in [-0.05, 0) is 49.7 Å². The Hall–Kier alpha value is -1.26. The van der Waals surface area contributed by atoms with Gasteiger partial charge in [-0.1, -0.05) is 32.0 Å². The van der Waals surface area contributed by atoms with Gasteiger partial charge in [0.1, 0.15) is 5.76 Å². The molecule has 0 amide bonds. The summed E-state index contributed by atoms with van der Waals surface area (Å²) < 4.78 is 5.65. The third kappa shape index (κ3) is 4.12. The van der Waals surface area contributed by atoms with Crippen molar-refractivity contribution in [1.29, 1.82) is 0 Å². The van der Waals surface area contributed by atoms with Crippen LogP contribution < -0.4 is 5.32 Å². The molecule has 0 bridgehead atoms. The van der Waals surface area contributed by atoms with E-state index in [1.54, 1.807) is 11.8 Å². The van der Waals surface area contributed by atoms with Crippen LogP contribution in [0.2, 0.25) is 0 Å². The first-order valence-electron chi connectivity index (χ1n) is 6.96. The minimum Gasteiger partial charge on any atom is -0.436 e. The second-order valence-corrected chi connectivity index (χ2v) is 6.35. The molecule has 1 heterocycles. The smallest absolute Gasteiger partial charge is 0.261 e. The molecule has 1 N–H and O–H groups in total. The number of aryl methyl sites for hydroxylation is 2. The molecule has 3 nitrogen and oxygen atoms in total. The molecular formula is C16H22N2OS. The first-order chi connectivity index (χ1) is 9.56. The first kappa shape index (κ1) is 15.1. The average Bonchev–Trinajstić information content (AvgIpc) is 2.70. The Bertz CT molecular complexity index is 544. The van der Waals surface area contributed by atoms with Crippen molar-refractivity contribution in [3.05, 3.63) is 41.3 Å². The van der Waals surface area contributed by atoms with Gasteiger partial charge in [-0.15, -0.1) is 0 Å². The summed E-state index contributed by atoms with van der Waals surface area (Å²) >= 11 is 1.59. The van der Waals surface area contributed by atoms with Gasteiger partial charge in [-0.2, -0.15) is 0 Å². The minimum atomic E-state index is 0.659. The van der Waals surface area contributed by atoms with Crippen molar-refractivity contribution in [3.8, 4) is 0 Å². The maximum Gasteiger partial charge on any atom is 0.261 e. The molecule has 20 heavy (non-hydrogen) atoms. The van der Waals surface area contributed by atoms with E-state index in [1.165, 1.54) is 10.5 Å². The maximum atomic E-state index is 5.65. The summed E-state index contributed by atoms with van der Waals surface area (Å²) in [6.45, 7) is 10.2. The predicted octanol–water partition coefficient (Wildman–Crippen LogP) is 4.19. The molecule has 0 radical (unpaired) electrons. The Balaban J connectivity index is 2.07. The summed E-state index contributed by atoms with van der Waals surface area (Å²) in [5.41, 5.74) is 2.24. The van der Waals surface area contributed by atoms with E-state index in [0.29, 0.717) is 5.92 Å². The standard InChI is InChI=1S/C16H22N2OS/c1-11(2)9-17-10-14-7-5-6-8-15(14)20-16-18-12(3)13(4)19-16/h5-8,11,17H,9-10H2,1-4H3. The molecule has 2 aromatic rings. The zero-order valence-electron chi connectivity index (χ0n) is 12.6. The Morgan fingerprint density at radius 1 is 1.25 bits per heavy atom. The molecule has 0 aliphatic carbocycles. The monoisotopic (exact) mass is 290 g/mol. The number of hydrogen-bond donors (Lipinski definition) is 1. The molecular weight excluding hydrogens is 268 g/mol. The fourth-order valence-electron chi connectivity index (χ4n) is 1.83. The van der Waals surface area contributed by atoms with Crippen LogP contribution in [0.5, 0.6) is 0 Å². The van der Waals surface area contributed by atoms with Crippen LogP contribution in [0, 0.1) is 19.8 Å². The van der Waals surface area contributed by atoms with Crippen molar-refractivity contribution in [1.82, 2.24) is 10.3 Å². The molecule has 0 spiro atoms. The minimum absolute atomic E-state index is 0.659. The highest BCUT2D eigenvalue weighted by atomic mass is 32.2. The van der Waals surface area contributed by atoms with Crippen molar-refractivity contribution in [2.45, 2.75) is 44.4 Å². The highest BCUT2D eigenvalue weighted by Crippen LogP contribution is 2.30.